The molecule has 1 aromatic carbocycles. The highest BCUT2D eigenvalue weighted by atomic mass is 32.1. The van der Waals surface area contributed by atoms with Gasteiger partial charge in [-0.25, -0.2) is 14.2 Å². The van der Waals surface area contributed by atoms with E-state index in [1.165, 1.54) is 12.3 Å². The van der Waals surface area contributed by atoms with E-state index in [4.69, 9.17) is 0 Å². The van der Waals surface area contributed by atoms with Crippen LogP contribution in [0.1, 0.15) is 28.9 Å². The summed E-state index contributed by atoms with van der Waals surface area (Å²) in [7, 11) is 0. The van der Waals surface area contributed by atoms with Crippen LogP contribution in [0.4, 0.5) is 4.39 Å². The average Bonchev–Trinajstić information content (AvgIpc) is 2.92. The highest BCUT2D eigenvalue weighted by Gasteiger charge is 2.46. The molecule has 114 valence electrons. The SMILES string of the molecule is O=C(NC1(C(=O)O)CCC1)c1cnc(-c2ccccc2F)s1. The number of hydrogen-bond acceptors (Lipinski definition) is 4. The van der Waals surface area contributed by atoms with Gasteiger partial charge in [-0.1, -0.05) is 12.1 Å². The molecule has 0 atom stereocenters. The molecule has 1 fully saturated rings. The summed E-state index contributed by atoms with van der Waals surface area (Å²) in [5.41, 5.74) is -0.845. The Morgan fingerprint density at radius 3 is 2.64 bits per heavy atom. The van der Waals surface area contributed by atoms with Crippen LogP contribution < -0.4 is 5.32 Å². The van der Waals surface area contributed by atoms with Crippen molar-refractivity contribution in [2.45, 2.75) is 24.8 Å². The number of carboxylic acid groups (broad SMARTS) is 1. The molecule has 22 heavy (non-hydrogen) atoms. The van der Waals surface area contributed by atoms with Crippen LogP contribution in [0.5, 0.6) is 0 Å². The van der Waals surface area contributed by atoms with Crippen LogP contribution in [0, 0.1) is 5.82 Å². The fourth-order valence-electron chi connectivity index (χ4n) is 2.34. The molecular formula is C15H13FN2O3S. The lowest BCUT2D eigenvalue weighted by Crippen LogP contribution is -2.59. The van der Waals surface area contributed by atoms with Crippen molar-refractivity contribution in [1.29, 1.82) is 0 Å². The molecule has 0 unspecified atom stereocenters. The van der Waals surface area contributed by atoms with E-state index >= 15 is 0 Å². The normalized spacial score (nSPS) is 15.9. The number of carbonyl (C=O) groups excluding carboxylic acids is 1. The number of carboxylic acids is 1. The Balaban J connectivity index is 1.81. The van der Waals surface area contributed by atoms with E-state index < -0.39 is 23.2 Å². The van der Waals surface area contributed by atoms with Gasteiger partial charge in [0, 0.05) is 5.56 Å². The Bertz CT molecular complexity index is 740. The minimum atomic E-state index is -1.17. The summed E-state index contributed by atoms with van der Waals surface area (Å²) >= 11 is 1.04. The predicted molar refractivity (Wildman–Crippen MR) is 79.2 cm³/mol. The Kier molecular flexibility index (Phi) is 3.66. The van der Waals surface area contributed by atoms with Gasteiger partial charge in [-0.15, -0.1) is 11.3 Å². The topological polar surface area (TPSA) is 79.3 Å². The van der Waals surface area contributed by atoms with E-state index in [1.54, 1.807) is 18.2 Å². The number of hydrogen-bond donors (Lipinski definition) is 2. The molecule has 0 aliphatic heterocycles. The molecule has 1 heterocycles. The molecule has 1 amide bonds. The number of halogens is 1. The second-order valence-electron chi connectivity index (χ2n) is 5.20. The van der Waals surface area contributed by atoms with Crippen LogP contribution >= 0.6 is 11.3 Å². The van der Waals surface area contributed by atoms with E-state index in [-0.39, 0.29) is 4.88 Å². The first kappa shape index (κ1) is 14.6. The number of nitrogens with zero attached hydrogens (tertiary/aromatic N) is 1. The lowest BCUT2D eigenvalue weighted by molar-refractivity contribution is -0.148. The van der Waals surface area contributed by atoms with Crippen molar-refractivity contribution in [2.75, 3.05) is 0 Å². The van der Waals surface area contributed by atoms with E-state index in [9.17, 15) is 19.1 Å². The standard InChI is InChI=1S/C15H13FN2O3S/c16-10-5-2-1-4-9(10)13-17-8-11(22-13)12(19)18-15(14(20)21)6-3-7-15/h1-2,4-5,8H,3,6-7H2,(H,18,19)(H,20,21). The fourth-order valence-corrected chi connectivity index (χ4v) is 3.18. The Labute approximate surface area is 129 Å². The van der Waals surface area contributed by atoms with Crippen LogP contribution in [0.2, 0.25) is 0 Å². The van der Waals surface area contributed by atoms with Crippen LogP contribution in [0.3, 0.4) is 0 Å². The zero-order chi connectivity index (χ0) is 15.7. The summed E-state index contributed by atoms with van der Waals surface area (Å²) in [5, 5.41) is 12.2. The lowest BCUT2D eigenvalue weighted by Gasteiger charge is -2.37. The maximum atomic E-state index is 13.7. The molecule has 0 saturated heterocycles. The number of aromatic nitrogens is 1. The summed E-state index contributed by atoms with van der Waals surface area (Å²) in [5.74, 6) is -1.92. The molecule has 1 aliphatic rings. The van der Waals surface area contributed by atoms with Gasteiger partial charge in [0.25, 0.3) is 5.91 Å². The second kappa shape index (κ2) is 5.49. The number of aliphatic carboxylic acids is 1. The summed E-state index contributed by atoms with van der Waals surface area (Å²) < 4.78 is 13.7. The van der Waals surface area contributed by atoms with Gasteiger partial charge in [0.05, 0.1) is 6.20 Å². The van der Waals surface area contributed by atoms with E-state index in [0.29, 0.717) is 23.4 Å². The predicted octanol–water partition coefficient (Wildman–Crippen LogP) is 2.69. The molecule has 0 radical (unpaired) electrons. The zero-order valence-electron chi connectivity index (χ0n) is 11.5. The van der Waals surface area contributed by atoms with Crippen molar-refractivity contribution < 1.29 is 19.1 Å². The number of benzene rings is 1. The minimum Gasteiger partial charge on any atom is -0.480 e. The molecule has 5 nitrogen and oxygen atoms in total. The van der Waals surface area contributed by atoms with Gasteiger partial charge in [-0.05, 0) is 31.4 Å². The van der Waals surface area contributed by atoms with Crippen molar-refractivity contribution in [3.63, 3.8) is 0 Å². The fraction of sp³-hybridized carbons (Fsp3) is 0.267. The third kappa shape index (κ3) is 2.48. The smallest absolute Gasteiger partial charge is 0.329 e. The zero-order valence-corrected chi connectivity index (χ0v) is 12.3. The van der Waals surface area contributed by atoms with Crippen molar-refractivity contribution in [1.82, 2.24) is 10.3 Å². The Hall–Kier alpha value is -2.28. The molecule has 2 N–H and O–H groups in total. The molecule has 7 heteroatoms. The molecule has 1 aromatic heterocycles. The summed E-state index contributed by atoms with van der Waals surface area (Å²) in [4.78, 5) is 27.8. The van der Waals surface area contributed by atoms with Crippen molar-refractivity contribution in [2.24, 2.45) is 0 Å². The number of amides is 1. The molecule has 1 aliphatic carbocycles. The summed E-state index contributed by atoms with van der Waals surface area (Å²) in [6.45, 7) is 0. The third-order valence-electron chi connectivity index (χ3n) is 3.80. The number of carbonyl (C=O) groups is 2. The first-order valence-corrected chi connectivity index (χ1v) is 7.60. The van der Waals surface area contributed by atoms with Crippen molar-refractivity contribution in [3.8, 4) is 10.6 Å². The number of thiazole rings is 1. The summed E-state index contributed by atoms with van der Waals surface area (Å²) in [6.07, 6.45) is 2.96. The van der Waals surface area contributed by atoms with Crippen LogP contribution in [0.25, 0.3) is 10.6 Å². The Morgan fingerprint density at radius 1 is 1.32 bits per heavy atom. The first-order valence-electron chi connectivity index (χ1n) is 6.78. The van der Waals surface area contributed by atoms with Gasteiger partial charge in [-0.3, -0.25) is 4.79 Å². The highest BCUT2D eigenvalue weighted by Crippen LogP contribution is 2.33. The maximum Gasteiger partial charge on any atom is 0.329 e. The van der Waals surface area contributed by atoms with Crippen molar-refractivity contribution in [3.05, 3.63) is 41.2 Å². The third-order valence-corrected chi connectivity index (χ3v) is 4.83. The monoisotopic (exact) mass is 320 g/mol. The summed E-state index contributed by atoms with van der Waals surface area (Å²) in [6, 6.07) is 6.17. The van der Waals surface area contributed by atoms with Crippen LogP contribution in [0.15, 0.2) is 30.5 Å². The van der Waals surface area contributed by atoms with Gasteiger partial charge >= 0.3 is 5.97 Å². The average molecular weight is 320 g/mol. The number of nitrogens with one attached hydrogen (secondary N) is 1. The van der Waals surface area contributed by atoms with E-state index in [0.717, 1.165) is 17.8 Å². The van der Waals surface area contributed by atoms with Gasteiger partial charge in [0.1, 0.15) is 21.2 Å². The largest absolute Gasteiger partial charge is 0.480 e. The van der Waals surface area contributed by atoms with Gasteiger partial charge in [-0.2, -0.15) is 0 Å². The second-order valence-corrected chi connectivity index (χ2v) is 6.24. The van der Waals surface area contributed by atoms with E-state index in [1.807, 2.05) is 0 Å². The van der Waals surface area contributed by atoms with Gasteiger partial charge in [0.2, 0.25) is 0 Å². The quantitative estimate of drug-likeness (QED) is 0.908. The van der Waals surface area contributed by atoms with Crippen LogP contribution in [-0.2, 0) is 4.79 Å². The molecule has 3 rings (SSSR count). The molecule has 0 spiro atoms. The highest BCUT2D eigenvalue weighted by molar-refractivity contribution is 7.16. The Morgan fingerprint density at radius 2 is 2.05 bits per heavy atom. The molecule has 1 saturated carbocycles. The number of rotatable bonds is 4. The first-order chi connectivity index (χ1) is 10.5. The maximum absolute atomic E-state index is 13.7. The van der Waals surface area contributed by atoms with E-state index in [2.05, 4.69) is 10.3 Å². The van der Waals surface area contributed by atoms with Gasteiger partial charge in [0.15, 0.2) is 0 Å². The lowest BCUT2D eigenvalue weighted by atomic mass is 9.77. The minimum absolute atomic E-state index is 0.269. The van der Waals surface area contributed by atoms with Gasteiger partial charge < -0.3 is 10.4 Å². The van der Waals surface area contributed by atoms with Crippen LogP contribution in [-0.4, -0.2) is 27.5 Å². The molecule has 0 bridgehead atoms. The molecular weight excluding hydrogens is 307 g/mol. The van der Waals surface area contributed by atoms with Crippen molar-refractivity contribution >= 4 is 23.2 Å². The molecule has 2 aromatic rings.